The Morgan fingerprint density at radius 3 is 2.55 bits per heavy atom. The van der Waals surface area contributed by atoms with Crippen molar-refractivity contribution in [3.8, 4) is 0 Å². The molecule has 0 unspecified atom stereocenters. The van der Waals surface area contributed by atoms with Crippen molar-refractivity contribution in [1.29, 1.82) is 0 Å². The number of rotatable bonds is 3. The molecule has 9 nitrogen and oxygen atoms in total. The maximum absolute atomic E-state index is 11.8. The van der Waals surface area contributed by atoms with Gasteiger partial charge < -0.3 is 10.3 Å². The molecule has 0 aliphatic heterocycles. The summed E-state index contributed by atoms with van der Waals surface area (Å²) >= 11 is 5.00. The Morgan fingerprint density at radius 1 is 1.32 bits per heavy atom. The summed E-state index contributed by atoms with van der Waals surface area (Å²) in [5, 5.41) is 13.5. The number of non-ortho nitro benzene ring substituents is 1. The first kappa shape index (κ1) is 15.4. The van der Waals surface area contributed by atoms with Crippen LogP contribution in [-0.4, -0.2) is 25.9 Å². The van der Waals surface area contributed by atoms with Gasteiger partial charge in [0.05, 0.1) is 11.3 Å². The van der Waals surface area contributed by atoms with Gasteiger partial charge in [-0.1, -0.05) is 0 Å². The number of imidazole rings is 1. The van der Waals surface area contributed by atoms with E-state index in [1.54, 1.807) is 6.92 Å². The van der Waals surface area contributed by atoms with Gasteiger partial charge >= 0.3 is 0 Å². The van der Waals surface area contributed by atoms with E-state index in [0.717, 1.165) is 0 Å². The summed E-state index contributed by atoms with van der Waals surface area (Å²) in [6, 6.07) is 5.70. The van der Waals surface area contributed by atoms with E-state index in [9.17, 15) is 14.9 Å². The van der Waals surface area contributed by atoms with E-state index in [1.165, 1.54) is 30.6 Å². The standard InChI is InChI=1S/C12H12N6O3S/c1-7-10(14-6-13-7)11(19)16-17-12(22)15-8-2-4-9(5-3-8)18(20)21/h2-6H,1H3,(H,13,14)(H,16,19)(H2,15,17,22). The number of hydrogen-bond donors (Lipinski definition) is 4. The lowest BCUT2D eigenvalue weighted by Gasteiger charge is -2.11. The van der Waals surface area contributed by atoms with Crippen LogP contribution in [-0.2, 0) is 0 Å². The third kappa shape index (κ3) is 3.76. The zero-order valence-electron chi connectivity index (χ0n) is 11.4. The molecule has 0 saturated heterocycles. The van der Waals surface area contributed by atoms with Crippen LogP contribution >= 0.6 is 12.2 Å². The van der Waals surface area contributed by atoms with Crippen LogP contribution < -0.4 is 16.2 Å². The molecule has 1 heterocycles. The lowest BCUT2D eigenvalue weighted by molar-refractivity contribution is -0.384. The first-order valence-corrected chi connectivity index (χ1v) is 6.50. The second-order valence-electron chi connectivity index (χ2n) is 4.21. The van der Waals surface area contributed by atoms with E-state index in [1.807, 2.05) is 0 Å². The van der Waals surface area contributed by atoms with Crippen LogP contribution in [0.15, 0.2) is 30.6 Å². The summed E-state index contributed by atoms with van der Waals surface area (Å²) in [4.78, 5) is 28.5. The molecule has 0 fully saturated rings. The van der Waals surface area contributed by atoms with Crippen LogP contribution in [0.4, 0.5) is 11.4 Å². The molecule has 0 saturated carbocycles. The van der Waals surface area contributed by atoms with E-state index in [-0.39, 0.29) is 16.5 Å². The molecule has 22 heavy (non-hydrogen) atoms. The van der Waals surface area contributed by atoms with Gasteiger partial charge in [0.25, 0.3) is 11.6 Å². The van der Waals surface area contributed by atoms with Gasteiger partial charge in [0.15, 0.2) is 10.8 Å². The average Bonchev–Trinajstić information content (AvgIpc) is 2.91. The Balaban J connectivity index is 1.86. The number of carbonyl (C=O) groups is 1. The average molecular weight is 320 g/mol. The number of nitrogens with zero attached hydrogens (tertiary/aromatic N) is 2. The first-order chi connectivity index (χ1) is 10.5. The lowest BCUT2D eigenvalue weighted by atomic mass is 10.3. The highest BCUT2D eigenvalue weighted by Gasteiger charge is 2.11. The highest BCUT2D eigenvalue weighted by atomic mass is 32.1. The molecule has 2 aromatic rings. The number of hydrazine groups is 1. The van der Waals surface area contributed by atoms with Crippen LogP contribution in [0.25, 0.3) is 0 Å². The van der Waals surface area contributed by atoms with Crippen molar-refractivity contribution >= 4 is 34.6 Å². The Labute approximate surface area is 130 Å². The zero-order chi connectivity index (χ0) is 16.1. The molecule has 4 N–H and O–H groups in total. The van der Waals surface area contributed by atoms with Gasteiger partial charge in [0, 0.05) is 23.5 Å². The molecule has 114 valence electrons. The predicted octanol–water partition coefficient (Wildman–Crippen LogP) is 1.26. The van der Waals surface area contributed by atoms with Gasteiger partial charge in [-0.15, -0.1) is 0 Å². The molecule has 1 amide bonds. The number of aryl methyl sites for hydroxylation is 1. The number of aromatic nitrogens is 2. The van der Waals surface area contributed by atoms with E-state index in [2.05, 4.69) is 26.1 Å². The normalized spacial score (nSPS) is 9.86. The number of nitro groups is 1. The highest BCUT2D eigenvalue weighted by Crippen LogP contribution is 2.15. The number of anilines is 1. The predicted molar refractivity (Wildman–Crippen MR) is 83.2 cm³/mol. The minimum absolute atomic E-state index is 0.0215. The third-order valence-electron chi connectivity index (χ3n) is 2.67. The van der Waals surface area contributed by atoms with Crippen molar-refractivity contribution in [3.05, 3.63) is 52.1 Å². The van der Waals surface area contributed by atoms with Gasteiger partial charge in [0.2, 0.25) is 0 Å². The fraction of sp³-hybridized carbons (Fsp3) is 0.0833. The number of carbonyl (C=O) groups excluding carboxylic acids is 1. The Hall–Kier alpha value is -3.01. The van der Waals surface area contributed by atoms with Crippen molar-refractivity contribution in [2.24, 2.45) is 0 Å². The van der Waals surface area contributed by atoms with Crippen molar-refractivity contribution in [3.63, 3.8) is 0 Å². The maximum atomic E-state index is 11.8. The molecule has 10 heteroatoms. The summed E-state index contributed by atoms with van der Waals surface area (Å²) in [6.45, 7) is 1.72. The Kier molecular flexibility index (Phi) is 4.63. The fourth-order valence-corrected chi connectivity index (χ4v) is 1.76. The lowest BCUT2D eigenvalue weighted by Crippen LogP contribution is -2.44. The van der Waals surface area contributed by atoms with Crippen molar-refractivity contribution in [2.45, 2.75) is 6.92 Å². The van der Waals surface area contributed by atoms with Crippen molar-refractivity contribution < 1.29 is 9.72 Å². The molecule has 2 rings (SSSR count). The molecule has 0 radical (unpaired) electrons. The van der Waals surface area contributed by atoms with Gasteiger partial charge in [-0.25, -0.2) is 4.98 Å². The number of benzene rings is 1. The Morgan fingerprint density at radius 2 is 2.00 bits per heavy atom. The number of aromatic amines is 1. The molecular weight excluding hydrogens is 308 g/mol. The van der Waals surface area contributed by atoms with E-state index < -0.39 is 10.8 Å². The zero-order valence-corrected chi connectivity index (χ0v) is 12.2. The molecule has 0 atom stereocenters. The summed E-state index contributed by atoms with van der Waals surface area (Å²) in [5.41, 5.74) is 6.32. The second-order valence-corrected chi connectivity index (χ2v) is 4.62. The van der Waals surface area contributed by atoms with Gasteiger partial charge in [0.1, 0.15) is 0 Å². The molecule has 1 aromatic carbocycles. The molecule has 0 bridgehead atoms. The number of hydrogen-bond acceptors (Lipinski definition) is 5. The largest absolute Gasteiger partial charge is 0.348 e. The minimum atomic E-state index is -0.493. The van der Waals surface area contributed by atoms with Gasteiger partial charge in [-0.3, -0.25) is 25.8 Å². The quantitative estimate of drug-likeness (QED) is 0.381. The maximum Gasteiger partial charge on any atom is 0.290 e. The first-order valence-electron chi connectivity index (χ1n) is 6.09. The minimum Gasteiger partial charge on any atom is -0.348 e. The van der Waals surface area contributed by atoms with Crippen molar-refractivity contribution in [2.75, 3.05) is 5.32 Å². The highest BCUT2D eigenvalue weighted by molar-refractivity contribution is 7.80. The summed E-state index contributed by atoms with van der Waals surface area (Å²) in [5.74, 6) is -0.438. The smallest absolute Gasteiger partial charge is 0.290 e. The molecule has 0 aliphatic carbocycles. The number of H-pyrrole nitrogens is 1. The van der Waals surface area contributed by atoms with E-state index in [0.29, 0.717) is 11.4 Å². The van der Waals surface area contributed by atoms with E-state index >= 15 is 0 Å². The SMILES string of the molecule is Cc1[nH]cnc1C(=O)NNC(=S)Nc1ccc([N+](=O)[O-])cc1. The van der Waals surface area contributed by atoms with Gasteiger partial charge in [-0.2, -0.15) is 0 Å². The number of nitrogens with one attached hydrogen (secondary N) is 4. The molecule has 1 aromatic heterocycles. The summed E-state index contributed by atoms with van der Waals surface area (Å²) in [6.07, 6.45) is 1.41. The second kappa shape index (κ2) is 6.63. The number of thiocarbonyl (C=S) groups is 1. The summed E-state index contributed by atoms with van der Waals surface area (Å²) < 4.78 is 0. The summed E-state index contributed by atoms with van der Waals surface area (Å²) in [7, 11) is 0. The van der Waals surface area contributed by atoms with Crippen LogP contribution in [0, 0.1) is 17.0 Å². The Bertz CT molecular complexity index is 712. The molecule has 0 aliphatic rings. The monoisotopic (exact) mass is 320 g/mol. The molecule has 0 spiro atoms. The van der Waals surface area contributed by atoms with Crippen LogP contribution in [0.5, 0.6) is 0 Å². The number of nitro benzene ring substituents is 1. The topological polar surface area (TPSA) is 125 Å². The van der Waals surface area contributed by atoms with Gasteiger partial charge in [-0.05, 0) is 31.3 Å². The van der Waals surface area contributed by atoms with Crippen LogP contribution in [0.3, 0.4) is 0 Å². The van der Waals surface area contributed by atoms with E-state index in [4.69, 9.17) is 12.2 Å². The van der Waals surface area contributed by atoms with Crippen LogP contribution in [0.1, 0.15) is 16.2 Å². The van der Waals surface area contributed by atoms with Crippen molar-refractivity contribution in [1.82, 2.24) is 20.8 Å². The fourth-order valence-electron chi connectivity index (χ4n) is 1.59. The van der Waals surface area contributed by atoms with Crippen LogP contribution in [0.2, 0.25) is 0 Å². The molecular formula is C12H12N6O3S. The number of amides is 1. The third-order valence-corrected chi connectivity index (χ3v) is 2.87.